The van der Waals surface area contributed by atoms with E-state index in [1.807, 2.05) is 12.1 Å². The molecule has 1 heterocycles. The number of ether oxygens (including phenoxy) is 4. The van der Waals surface area contributed by atoms with E-state index in [2.05, 4.69) is 23.6 Å². The smallest absolute Gasteiger partial charge is 0.191 e. The fraction of sp³-hybridized carbons (Fsp3) is 0.696. The Bertz CT molecular complexity index is 662. The highest BCUT2D eigenvalue weighted by Crippen LogP contribution is 2.32. The van der Waals surface area contributed by atoms with Gasteiger partial charge < -0.3 is 29.6 Å². The highest BCUT2D eigenvalue weighted by molar-refractivity contribution is 14.0. The average molecular weight is 547 g/mol. The van der Waals surface area contributed by atoms with E-state index in [1.54, 1.807) is 7.11 Å². The second kappa shape index (κ2) is 14.7. The van der Waals surface area contributed by atoms with Crippen molar-refractivity contribution in [1.82, 2.24) is 10.6 Å². The molecule has 176 valence electrons. The summed E-state index contributed by atoms with van der Waals surface area (Å²) in [5.74, 6) is 2.42. The second-order valence-corrected chi connectivity index (χ2v) is 7.84. The van der Waals surface area contributed by atoms with E-state index in [9.17, 15) is 0 Å². The lowest BCUT2D eigenvalue weighted by molar-refractivity contribution is 0.0420. The van der Waals surface area contributed by atoms with Crippen molar-refractivity contribution >= 4 is 29.9 Å². The van der Waals surface area contributed by atoms with Crippen molar-refractivity contribution in [2.45, 2.75) is 64.2 Å². The van der Waals surface area contributed by atoms with Crippen molar-refractivity contribution < 1.29 is 18.9 Å². The van der Waals surface area contributed by atoms with Gasteiger partial charge in [0.2, 0.25) is 0 Å². The van der Waals surface area contributed by atoms with Crippen molar-refractivity contribution in [3.8, 4) is 11.5 Å². The van der Waals surface area contributed by atoms with Crippen molar-refractivity contribution in [2.24, 2.45) is 4.99 Å². The summed E-state index contributed by atoms with van der Waals surface area (Å²) in [6.45, 7) is 6.57. The van der Waals surface area contributed by atoms with E-state index in [0.717, 1.165) is 81.6 Å². The molecule has 2 fully saturated rings. The largest absolute Gasteiger partial charge is 0.493 e. The van der Waals surface area contributed by atoms with Gasteiger partial charge in [-0.2, -0.15) is 0 Å². The summed E-state index contributed by atoms with van der Waals surface area (Å²) in [7, 11) is 1.69. The summed E-state index contributed by atoms with van der Waals surface area (Å²) in [6, 6.07) is 6.08. The van der Waals surface area contributed by atoms with E-state index in [1.165, 1.54) is 12.8 Å². The molecule has 31 heavy (non-hydrogen) atoms. The predicted octanol–water partition coefficient (Wildman–Crippen LogP) is 3.89. The minimum absolute atomic E-state index is 0. The molecule has 1 atom stereocenters. The molecule has 3 rings (SSSR count). The van der Waals surface area contributed by atoms with Gasteiger partial charge in [-0.1, -0.05) is 6.07 Å². The molecule has 2 aliphatic rings. The number of nitrogens with zero attached hydrogens (tertiary/aromatic N) is 1. The fourth-order valence-electron chi connectivity index (χ4n) is 3.78. The number of rotatable bonds is 11. The number of methoxy groups -OCH3 is 1. The van der Waals surface area contributed by atoms with Crippen LogP contribution in [0.1, 0.15) is 51.0 Å². The average Bonchev–Trinajstić information content (AvgIpc) is 3.46. The molecule has 1 unspecified atom stereocenters. The summed E-state index contributed by atoms with van der Waals surface area (Å²) in [4.78, 5) is 4.72. The van der Waals surface area contributed by atoms with Crippen LogP contribution in [0.5, 0.6) is 11.5 Å². The first-order valence-electron chi connectivity index (χ1n) is 11.3. The third-order valence-corrected chi connectivity index (χ3v) is 5.44. The maximum atomic E-state index is 6.20. The Morgan fingerprint density at radius 1 is 1.13 bits per heavy atom. The first kappa shape index (κ1) is 26.0. The number of aliphatic imine (C=N–C) groups is 1. The van der Waals surface area contributed by atoms with Gasteiger partial charge in [0.05, 0.1) is 32.5 Å². The van der Waals surface area contributed by atoms with Gasteiger partial charge in [0.1, 0.15) is 0 Å². The molecule has 1 saturated heterocycles. The number of hydrogen-bond acceptors (Lipinski definition) is 5. The molecule has 0 radical (unpaired) electrons. The molecule has 1 saturated carbocycles. The van der Waals surface area contributed by atoms with E-state index in [-0.39, 0.29) is 30.1 Å². The summed E-state index contributed by atoms with van der Waals surface area (Å²) in [5.41, 5.74) is 1.10. The zero-order chi connectivity index (χ0) is 21.0. The number of hydrogen-bond donors (Lipinski definition) is 2. The highest BCUT2D eigenvalue weighted by Gasteiger charge is 2.18. The molecule has 0 aromatic heterocycles. The van der Waals surface area contributed by atoms with E-state index in [0.29, 0.717) is 12.6 Å². The Morgan fingerprint density at radius 2 is 1.97 bits per heavy atom. The highest BCUT2D eigenvalue weighted by atomic mass is 127. The second-order valence-electron chi connectivity index (χ2n) is 7.84. The van der Waals surface area contributed by atoms with Gasteiger partial charge in [0, 0.05) is 26.3 Å². The van der Waals surface area contributed by atoms with Gasteiger partial charge >= 0.3 is 0 Å². The van der Waals surface area contributed by atoms with E-state index in [4.69, 9.17) is 23.9 Å². The third-order valence-electron chi connectivity index (χ3n) is 5.44. The Morgan fingerprint density at radius 3 is 2.68 bits per heavy atom. The monoisotopic (exact) mass is 547 g/mol. The Hall–Kier alpha value is -1.26. The van der Waals surface area contributed by atoms with Crippen LogP contribution in [0.3, 0.4) is 0 Å². The molecule has 0 bridgehead atoms. The van der Waals surface area contributed by atoms with Crippen molar-refractivity contribution in [3.05, 3.63) is 23.8 Å². The van der Waals surface area contributed by atoms with Crippen LogP contribution in [0.15, 0.2) is 23.2 Å². The summed E-state index contributed by atoms with van der Waals surface area (Å²) >= 11 is 0. The van der Waals surface area contributed by atoms with Crippen LogP contribution < -0.4 is 20.1 Å². The minimum atomic E-state index is 0. The van der Waals surface area contributed by atoms with Gasteiger partial charge in [-0.3, -0.25) is 0 Å². The first-order valence-corrected chi connectivity index (χ1v) is 11.3. The normalized spacial score (nSPS) is 19.2. The maximum Gasteiger partial charge on any atom is 0.191 e. The standard InChI is InChI=1S/C23H37N3O4.HI/c1-3-24-23(25-12-6-13-29-20-11-14-28-17-20)26-16-18-9-10-21(27-2)22(15-18)30-19-7-4-5-8-19;/h9-10,15,19-20H,3-8,11-14,16-17H2,1-2H3,(H2,24,25,26);1H. The lowest BCUT2D eigenvalue weighted by Gasteiger charge is -2.17. The number of benzene rings is 1. The lowest BCUT2D eigenvalue weighted by atomic mass is 10.2. The van der Waals surface area contributed by atoms with E-state index >= 15 is 0 Å². The van der Waals surface area contributed by atoms with Crippen LogP contribution in [-0.4, -0.2) is 58.2 Å². The van der Waals surface area contributed by atoms with Gasteiger partial charge in [-0.05, 0) is 63.1 Å². The predicted molar refractivity (Wildman–Crippen MR) is 134 cm³/mol. The van der Waals surface area contributed by atoms with Crippen molar-refractivity contribution in [1.29, 1.82) is 0 Å². The third kappa shape index (κ3) is 9.02. The van der Waals surface area contributed by atoms with Crippen LogP contribution in [0.25, 0.3) is 0 Å². The number of guanidine groups is 1. The molecule has 0 amide bonds. The molecule has 1 aromatic rings. The topological polar surface area (TPSA) is 73.3 Å². The lowest BCUT2D eigenvalue weighted by Crippen LogP contribution is -2.38. The summed E-state index contributed by atoms with van der Waals surface area (Å²) in [5, 5.41) is 6.69. The maximum absolute atomic E-state index is 6.20. The Kier molecular flexibility index (Phi) is 12.4. The van der Waals surface area contributed by atoms with Gasteiger partial charge in [-0.15, -0.1) is 24.0 Å². The van der Waals surface area contributed by atoms with Crippen molar-refractivity contribution in [2.75, 3.05) is 40.0 Å². The molecular weight excluding hydrogens is 509 g/mol. The summed E-state index contributed by atoms with van der Waals surface area (Å²) in [6.07, 6.45) is 7.24. The van der Waals surface area contributed by atoms with Gasteiger partial charge in [0.25, 0.3) is 0 Å². The molecular formula is C23H38IN3O4. The molecule has 7 nitrogen and oxygen atoms in total. The van der Waals surface area contributed by atoms with Crippen LogP contribution >= 0.6 is 24.0 Å². The van der Waals surface area contributed by atoms with E-state index < -0.39 is 0 Å². The Balaban J connectivity index is 0.00000341. The first-order chi connectivity index (χ1) is 14.8. The fourth-order valence-corrected chi connectivity index (χ4v) is 3.78. The zero-order valence-corrected chi connectivity index (χ0v) is 21.2. The number of nitrogens with one attached hydrogen (secondary N) is 2. The quantitative estimate of drug-likeness (QED) is 0.190. The van der Waals surface area contributed by atoms with Crippen molar-refractivity contribution in [3.63, 3.8) is 0 Å². The van der Waals surface area contributed by atoms with Crippen LogP contribution in [0.2, 0.25) is 0 Å². The van der Waals surface area contributed by atoms with Crippen LogP contribution in [-0.2, 0) is 16.0 Å². The molecule has 1 aliphatic heterocycles. The molecule has 1 aromatic carbocycles. The summed E-state index contributed by atoms with van der Waals surface area (Å²) < 4.78 is 22.8. The van der Waals surface area contributed by atoms with Crippen LogP contribution in [0, 0.1) is 0 Å². The van der Waals surface area contributed by atoms with Gasteiger partial charge in [0.15, 0.2) is 17.5 Å². The SMILES string of the molecule is CCNC(=NCc1ccc(OC)c(OC2CCCC2)c1)NCCCOC1CCOC1.I. The number of halogens is 1. The molecule has 2 N–H and O–H groups in total. The Labute approximate surface area is 203 Å². The van der Waals surface area contributed by atoms with Gasteiger partial charge in [-0.25, -0.2) is 4.99 Å². The molecule has 8 heteroatoms. The zero-order valence-electron chi connectivity index (χ0n) is 18.9. The molecule has 1 aliphatic carbocycles. The van der Waals surface area contributed by atoms with Crippen LogP contribution in [0.4, 0.5) is 0 Å². The molecule has 0 spiro atoms. The minimum Gasteiger partial charge on any atom is -0.493 e.